The highest BCUT2D eigenvalue weighted by Gasteiger charge is 2.40. The highest BCUT2D eigenvalue weighted by atomic mass is 35.5. The molecule has 0 bridgehead atoms. The lowest BCUT2D eigenvalue weighted by Crippen LogP contribution is -2.26. The van der Waals surface area contributed by atoms with Crippen molar-refractivity contribution in [3.8, 4) is 0 Å². The fourth-order valence-electron chi connectivity index (χ4n) is 3.42. The maximum atomic E-state index is 15.3. The molecule has 0 radical (unpaired) electrons. The Labute approximate surface area is 204 Å². The van der Waals surface area contributed by atoms with E-state index in [-0.39, 0.29) is 28.1 Å². The number of halogens is 5. The fraction of sp³-hybridized carbons (Fsp3) is 0.292. The number of nitrogens with one attached hydrogen (secondary N) is 1. The SMILES string of the molecule is Cc1cc(C=CC(F)(c2cc(Cl)cc(Cl)c2)C(F)F)ccc1C(=O)NCc1nnc(C2CC2)o1. The van der Waals surface area contributed by atoms with E-state index in [0.29, 0.717) is 34.4 Å². The summed E-state index contributed by atoms with van der Waals surface area (Å²) in [5.74, 6) is 0.869. The standard InChI is InChI=1S/C24H20Cl2F3N3O2/c1-13-8-14(6-7-24(29,23(27)28)16-9-17(25)11-18(26)10-16)2-5-19(13)21(33)30-12-20-31-32-22(34-20)15-3-4-15/h2,5-11,15,23H,3-4,12H2,1H3,(H,30,33). The van der Waals surface area contributed by atoms with Crippen LogP contribution in [0.3, 0.4) is 0 Å². The molecular weight excluding hydrogens is 490 g/mol. The first-order chi connectivity index (χ1) is 16.2. The average molecular weight is 510 g/mol. The number of rotatable bonds is 8. The van der Waals surface area contributed by atoms with E-state index in [4.69, 9.17) is 27.6 Å². The third-order valence-corrected chi connectivity index (χ3v) is 5.88. The minimum Gasteiger partial charge on any atom is -0.423 e. The Hall–Kier alpha value is -2.84. The molecule has 0 aliphatic heterocycles. The van der Waals surface area contributed by atoms with Gasteiger partial charge in [0.15, 0.2) is 0 Å². The van der Waals surface area contributed by atoms with Crippen LogP contribution >= 0.6 is 23.2 Å². The summed E-state index contributed by atoms with van der Waals surface area (Å²) >= 11 is 11.7. The molecule has 1 aliphatic rings. The maximum absolute atomic E-state index is 15.3. The van der Waals surface area contributed by atoms with Gasteiger partial charge in [0.2, 0.25) is 17.5 Å². The van der Waals surface area contributed by atoms with Crippen molar-refractivity contribution < 1.29 is 22.4 Å². The summed E-state index contributed by atoms with van der Waals surface area (Å²) in [7, 11) is 0. The van der Waals surface area contributed by atoms with Gasteiger partial charge in [-0.1, -0.05) is 41.4 Å². The predicted molar refractivity (Wildman–Crippen MR) is 123 cm³/mol. The topological polar surface area (TPSA) is 68.0 Å². The lowest BCUT2D eigenvalue weighted by molar-refractivity contribution is -0.00425. The molecule has 10 heteroatoms. The summed E-state index contributed by atoms with van der Waals surface area (Å²) in [5, 5.41) is 10.7. The molecule has 0 saturated heterocycles. The van der Waals surface area contributed by atoms with E-state index in [9.17, 15) is 13.6 Å². The smallest absolute Gasteiger partial charge is 0.279 e. The van der Waals surface area contributed by atoms with E-state index in [1.807, 2.05) is 0 Å². The predicted octanol–water partition coefficient (Wildman–Crippen LogP) is 6.64. The summed E-state index contributed by atoms with van der Waals surface area (Å²) < 4.78 is 48.1. The van der Waals surface area contributed by atoms with Crippen molar-refractivity contribution in [2.75, 3.05) is 0 Å². The monoisotopic (exact) mass is 509 g/mol. The first kappa shape index (κ1) is 24.3. The van der Waals surface area contributed by atoms with E-state index in [2.05, 4.69) is 15.5 Å². The van der Waals surface area contributed by atoms with Gasteiger partial charge in [-0.25, -0.2) is 13.2 Å². The van der Waals surface area contributed by atoms with Gasteiger partial charge in [-0.2, -0.15) is 0 Å². The highest BCUT2D eigenvalue weighted by molar-refractivity contribution is 6.34. The molecule has 3 aromatic rings. The van der Waals surface area contributed by atoms with Crippen molar-refractivity contribution in [2.24, 2.45) is 0 Å². The molecule has 1 aromatic heterocycles. The Kier molecular flexibility index (Phi) is 7.00. The summed E-state index contributed by atoms with van der Waals surface area (Å²) in [4.78, 5) is 12.6. The molecule has 1 fully saturated rings. The highest BCUT2D eigenvalue weighted by Crippen LogP contribution is 2.39. The number of amides is 1. The van der Waals surface area contributed by atoms with Crippen LogP contribution in [-0.4, -0.2) is 22.5 Å². The van der Waals surface area contributed by atoms with Crippen LogP contribution in [0.2, 0.25) is 10.0 Å². The number of alkyl halides is 3. The van der Waals surface area contributed by atoms with Crippen LogP contribution in [0.5, 0.6) is 0 Å². The molecule has 1 aliphatic carbocycles. The van der Waals surface area contributed by atoms with Crippen molar-refractivity contribution in [1.82, 2.24) is 15.5 Å². The molecule has 1 heterocycles. The van der Waals surface area contributed by atoms with Gasteiger partial charge in [0.05, 0.1) is 6.54 Å². The van der Waals surface area contributed by atoms with E-state index in [0.717, 1.165) is 31.1 Å². The van der Waals surface area contributed by atoms with E-state index in [1.165, 1.54) is 24.3 Å². The van der Waals surface area contributed by atoms with Gasteiger partial charge in [0, 0.05) is 27.1 Å². The molecule has 1 N–H and O–H groups in total. The second-order valence-electron chi connectivity index (χ2n) is 8.13. The zero-order valence-electron chi connectivity index (χ0n) is 18.0. The zero-order chi connectivity index (χ0) is 24.5. The van der Waals surface area contributed by atoms with Crippen LogP contribution < -0.4 is 5.32 Å². The van der Waals surface area contributed by atoms with Gasteiger partial charge in [0.1, 0.15) is 0 Å². The fourth-order valence-corrected chi connectivity index (χ4v) is 3.94. The van der Waals surface area contributed by atoms with Gasteiger partial charge in [-0.05, 0) is 61.2 Å². The molecule has 1 atom stereocenters. The Bertz CT molecular complexity index is 1220. The Morgan fingerprint density at radius 3 is 2.53 bits per heavy atom. The number of aryl methyl sites for hydroxylation is 1. The first-order valence-electron chi connectivity index (χ1n) is 10.5. The molecule has 5 nitrogen and oxygen atoms in total. The quantitative estimate of drug-likeness (QED) is 0.369. The van der Waals surface area contributed by atoms with Crippen molar-refractivity contribution >= 4 is 35.2 Å². The molecule has 1 saturated carbocycles. The number of carbonyl (C=O) groups is 1. The van der Waals surface area contributed by atoms with Gasteiger partial charge < -0.3 is 9.73 Å². The Morgan fingerprint density at radius 2 is 1.91 bits per heavy atom. The van der Waals surface area contributed by atoms with Gasteiger partial charge >= 0.3 is 0 Å². The second kappa shape index (κ2) is 9.80. The van der Waals surface area contributed by atoms with Crippen molar-refractivity contribution in [1.29, 1.82) is 0 Å². The van der Waals surface area contributed by atoms with Gasteiger partial charge in [-0.3, -0.25) is 4.79 Å². The number of nitrogens with zero attached hydrogens (tertiary/aromatic N) is 2. The van der Waals surface area contributed by atoms with Crippen LogP contribution in [0.4, 0.5) is 13.2 Å². The normalized spacial score (nSPS) is 15.6. The number of aromatic nitrogens is 2. The molecule has 0 spiro atoms. The average Bonchev–Trinajstić information content (AvgIpc) is 3.53. The summed E-state index contributed by atoms with van der Waals surface area (Å²) in [6.07, 6.45) is 0.701. The van der Waals surface area contributed by atoms with Crippen molar-refractivity contribution in [3.05, 3.63) is 86.6 Å². The minimum atomic E-state index is -3.35. The molecule has 1 amide bonds. The summed E-state index contributed by atoms with van der Waals surface area (Å²) in [5.41, 5.74) is -2.05. The van der Waals surface area contributed by atoms with Crippen LogP contribution in [0.25, 0.3) is 6.08 Å². The number of carbonyl (C=O) groups excluding carboxylic acids is 1. The molecule has 4 rings (SSSR count). The van der Waals surface area contributed by atoms with Crippen LogP contribution in [0.1, 0.15) is 57.6 Å². The zero-order valence-corrected chi connectivity index (χ0v) is 19.5. The van der Waals surface area contributed by atoms with Crippen LogP contribution in [0, 0.1) is 6.92 Å². The molecule has 34 heavy (non-hydrogen) atoms. The molecular formula is C24H20Cl2F3N3O2. The third kappa shape index (κ3) is 5.45. The lowest BCUT2D eigenvalue weighted by Gasteiger charge is -2.22. The number of hydrogen-bond acceptors (Lipinski definition) is 4. The molecule has 2 aromatic carbocycles. The number of benzene rings is 2. The third-order valence-electron chi connectivity index (χ3n) is 5.45. The Morgan fingerprint density at radius 1 is 1.21 bits per heavy atom. The largest absolute Gasteiger partial charge is 0.423 e. The lowest BCUT2D eigenvalue weighted by atomic mass is 9.94. The van der Waals surface area contributed by atoms with E-state index < -0.39 is 12.1 Å². The maximum Gasteiger partial charge on any atom is 0.279 e. The van der Waals surface area contributed by atoms with E-state index in [1.54, 1.807) is 13.0 Å². The second-order valence-corrected chi connectivity index (χ2v) is 9.00. The number of hydrogen-bond donors (Lipinski definition) is 1. The Balaban J connectivity index is 1.47. The molecule has 178 valence electrons. The van der Waals surface area contributed by atoms with Gasteiger partial charge in [-0.15, -0.1) is 10.2 Å². The first-order valence-corrected chi connectivity index (χ1v) is 11.3. The van der Waals surface area contributed by atoms with Crippen LogP contribution in [0.15, 0.2) is 46.9 Å². The summed E-state index contributed by atoms with van der Waals surface area (Å²) in [6, 6.07) is 8.22. The molecule has 1 unspecified atom stereocenters. The van der Waals surface area contributed by atoms with E-state index >= 15 is 4.39 Å². The van der Waals surface area contributed by atoms with Crippen LogP contribution in [-0.2, 0) is 12.2 Å². The summed E-state index contributed by atoms with van der Waals surface area (Å²) in [6.45, 7) is 1.78. The minimum absolute atomic E-state index is 0.0501. The number of allylic oxidation sites excluding steroid dienone is 1. The van der Waals surface area contributed by atoms with Crippen molar-refractivity contribution in [2.45, 2.75) is 44.3 Å². The van der Waals surface area contributed by atoms with Gasteiger partial charge in [0.25, 0.3) is 12.3 Å². The van der Waals surface area contributed by atoms with Crippen molar-refractivity contribution in [3.63, 3.8) is 0 Å².